The molecule has 0 spiro atoms. The second-order valence-corrected chi connectivity index (χ2v) is 9.16. The van der Waals surface area contributed by atoms with Crippen molar-refractivity contribution in [1.29, 1.82) is 0 Å². The Hall–Kier alpha value is -2.55. The summed E-state index contributed by atoms with van der Waals surface area (Å²) in [5.41, 5.74) is 7.88. The highest BCUT2D eigenvalue weighted by atomic mass is 32.2. The Balaban J connectivity index is 2.05. The number of hydrogen-bond acceptors (Lipinski definition) is 5. The van der Waals surface area contributed by atoms with E-state index in [0.29, 0.717) is 5.56 Å². The van der Waals surface area contributed by atoms with Crippen molar-refractivity contribution in [2.24, 2.45) is 5.73 Å². The Morgan fingerprint density at radius 2 is 1.79 bits per heavy atom. The zero-order chi connectivity index (χ0) is 20.5. The van der Waals surface area contributed by atoms with Crippen molar-refractivity contribution in [2.75, 3.05) is 11.6 Å². The summed E-state index contributed by atoms with van der Waals surface area (Å²) in [5, 5.41) is 10.9. The number of hydroxylamine groups is 3. The second-order valence-electron chi connectivity index (χ2n) is 7.08. The van der Waals surface area contributed by atoms with Crippen molar-refractivity contribution in [3.63, 3.8) is 0 Å². The molecule has 2 amide bonds. The molecule has 3 N–H and O–H groups in total. The third kappa shape index (κ3) is 3.71. The molecule has 2 atom stereocenters. The van der Waals surface area contributed by atoms with Crippen LogP contribution in [0.5, 0.6) is 0 Å². The number of nitrogens with zero attached hydrogens (tertiary/aromatic N) is 1. The van der Waals surface area contributed by atoms with Crippen LogP contribution in [0.4, 0.5) is 0 Å². The van der Waals surface area contributed by atoms with E-state index < -0.39 is 44.0 Å². The predicted molar refractivity (Wildman–Crippen MR) is 104 cm³/mol. The van der Waals surface area contributed by atoms with Crippen LogP contribution in [0, 0.1) is 0 Å². The van der Waals surface area contributed by atoms with Crippen molar-refractivity contribution < 1.29 is 27.9 Å². The smallest absolute Gasteiger partial charge is 0.364 e. The molecule has 1 saturated heterocycles. The first-order chi connectivity index (χ1) is 13.2. The fourth-order valence-electron chi connectivity index (χ4n) is 3.57. The summed E-state index contributed by atoms with van der Waals surface area (Å²) in [6, 6.07) is 12.8. The highest BCUT2D eigenvalue weighted by Crippen LogP contribution is 2.31. The summed E-state index contributed by atoms with van der Waals surface area (Å²) in [4.78, 5) is 24.9. The summed E-state index contributed by atoms with van der Waals surface area (Å²) in [6.45, 7) is 2.09. The first-order valence-corrected chi connectivity index (χ1v) is 10.8. The molecule has 28 heavy (non-hydrogen) atoms. The summed E-state index contributed by atoms with van der Waals surface area (Å²) in [7, 11) is -3.79. The average Bonchev–Trinajstić information content (AvgIpc) is 2.92. The molecule has 1 aliphatic heterocycles. The van der Waals surface area contributed by atoms with E-state index in [4.69, 9.17) is 5.73 Å². The molecule has 0 aliphatic carbocycles. The lowest BCUT2D eigenvalue weighted by Gasteiger charge is -2.26. The zero-order valence-electron chi connectivity index (χ0n) is 15.5. The number of rotatable bonds is 5. The maximum absolute atomic E-state index is 13.2. The first kappa shape index (κ1) is 20.2. The third-order valence-corrected chi connectivity index (χ3v) is 6.57. The van der Waals surface area contributed by atoms with E-state index in [2.05, 4.69) is 6.92 Å². The van der Waals surface area contributed by atoms with Gasteiger partial charge in [-0.3, -0.25) is 4.79 Å². The molecule has 8 heteroatoms. The Morgan fingerprint density at radius 3 is 2.39 bits per heavy atom. The Kier molecular flexibility index (Phi) is 5.38. The van der Waals surface area contributed by atoms with Crippen LogP contribution in [-0.4, -0.2) is 47.8 Å². The van der Waals surface area contributed by atoms with Crippen molar-refractivity contribution >= 4 is 21.7 Å². The minimum atomic E-state index is -3.79. The van der Waals surface area contributed by atoms with Crippen molar-refractivity contribution in [2.45, 2.75) is 25.8 Å². The van der Waals surface area contributed by atoms with Gasteiger partial charge in [0, 0.05) is 0 Å². The summed E-state index contributed by atoms with van der Waals surface area (Å²) in [5.74, 6) is -3.42. The highest BCUT2D eigenvalue weighted by Gasteiger charge is 2.59. The van der Waals surface area contributed by atoms with Crippen LogP contribution in [-0.2, 0) is 21.1 Å². The standard InChI is InChI=1S/C20H22N2O5S/c1-2-5-14-8-10-15(11-9-14)16-6-3-4-7-17(16)20(24)22(25)13-28(26,27)12-18(22)19(21)23/h3-4,6-11,18,25H,2,5,12-13H2,1H3,(H-,21,23)/p+1/t18?,22-/m0/s1. The van der Waals surface area contributed by atoms with E-state index in [9.17, 15) is 23.2 Å². The van der Waals surface area contributed by atoms with E-state index in [0.717, 1.165) is 18.4 Å². The van der Waals surface area contributed by atoms with Gasteiger partial charge >= 0.3 is 5.91 Å². The summed E-state index contributed by atoms with van der Waals surface area (Å²) in [6.07, 6.45) is 1.96. The van der Waals surface area contributed by atoms with Crippen molar-refractivity contribution in [1.82, 2.24) is 0 Å². The van der Waals surface area contributed by atoms with Gasteiger partial charge < -0.3 is 5.73 Å². The van der Waals surface area contributed by atoms with Crippen molar-refractivity contribution in [3.8, 4) is 11.1 Å². The lowest BCUT2D eigenvalue weighted by molar-refractivity contribution is -1.03. The summed E-state index contributed by atoms with van der Waals surface area (Å²) >= 11 is 0. The molecule has 3 rings (SSSR count). The summed E-state index contributed by atoms with van der Waals surface area (Å²) < 4.78 is 22.5. The van der Waals surface area contributed by atoms with Gasteiger partial charge in [-0.2, -0.15) is 0 Å². The molecular formula is C20H23N2O5S+. The van der Waals surface area contributed by atoms with Crippen LogP contribution in [0.25, 0.3) is 11.1 Å². The van der Waals surface area contributed by atoms with Gasteiger partial charge in [0.1, 0.15) is 5.75 Å². The fourth-order valence-corrected chi connectivity index (χ4v) is 5.46. The maximum atomic E-state index is 13.2. The third-order valence-electron chi connectivity index (χ3n) is 4.96. The van der Waals surface area contributed by atoms with Gasteiger partial charge in [-0.15, -0.1) is 0 Å². The number of sulfone groups is 1. The van der Waals surface area contributed by atoms with E-state index in [1.165, 1.54) is 11.6 Å². The van der Waals surface area contributed by atoms with Gasteiger partial charge in [-0.1, -0.05) is 60.5 Å². The van der Waals surface area contributed by atoms with Gasteiger partial charge in [-0.25, -0.2) is 18.4 Å². The van der Waals surface area contributed by atoms with Gasteiger partial charge in [0.25, 0.3) is 5.91 Å². The number of aryl methyl sites for hydroxylation is 1. The number of carbonyl (C=O) groups is 2. The molecule has 1 heterocycles. The molecule has 0 aromatic heterocycles. The van der Waals surface area contributed by atoms with Crippen LogP contribution in [0.2, 0.25) is 0 Å². The molecule has 2 aromatic carbocycles. The minimum absolute atomic E-state index is 0.136. The SMILES string of the molecule is CCCc1ccc(-c2ccccc2C(=O)[N@+]2(O)CS(=O)(=O)CC2C(N)=O)cc1. The molecule has 1 unspecified atom stereocenters. The largest absolute Gasteiger partial charge is 0.380 e. The number of carbonyl (C=O) groups excluding carboxylic acids is 2. The Bertz CT molecular complexity index is 1020. The fraction of sp³-hybridized carbons (Fsp3) is 0.300. The zero-order valence-corrected chi connectivity index (χ0v) is 16.4. The van der Waals surface area contributed by atoms with Crippen LogP contribution >= 0.6 is 0 Å². The first-order valence-electron chi connectivity index (χ1n) is 9.01. The predicted octanol–water partition coefficient (Wildman–Crippen LogP) is 1.89. The normalized spacial score (nSPS) is 23.4. The number of amides is 2. The molecule has 1 aliphatic rings. The van der Waals surface area contributed by atoms with Crippen LogP contribution in [0.15, 0.2) is 48.5 Å². The second kappa shape index (κ2) is 7.46. The monoisotopic (exact) mass is 403 g/mol. The number of hydrogen-bond donors (Lipinski definition) is 2. The molecule has 148 valence electrons. The van der Waals surface area contributed by atoms with Crippen molar-refractivity contribution in [3.05, 3.63) is 59.7 Å². The van der Waals surface area contributed by atoms with Crippen LogP contribution < -0.4 is 5.73 Å². The maximum Gasteiger partial charge on any atom is 0.380 e. The number of quaternary nitrogens is 1. The Morgan fingerprint density at radius 1 is 1.14 bits per heavy atom. The molecule has 1 fully saturated rings. The lowest BCUT2D eigenvalue weighted by Crippen LogP contribution is -2.59. The van der Waals surface area contributed by atoms with Gasteiger partial charge in [0.2, 0.25) is 21.8 Å². The Labute approximate surface area is 163 Å². The quantitative estimate of drug-likeness (QED) is 0.584. The molecule has 7 nitrogen and oxygen atoms in total. The number of primary amides is 1. The molecule has 0 bridgehead atoms. The van der Waals surface area contributed by atoms with E-state index in [-0.39, 0.29) is 5.56 Å². The van der Waals surface area contributed by atoms with E-state index in [1.807, 2.05) is 24.3 Å². The lowest BCUT2D eigenvalue weighted by atomic mass is 9.97. The van der Waals surface area contributed by atoms with Gasteiger partial charge in [-0.05, 0) is 29.2 Å². The molecular weight excluding hydrogens is 380 g/mol. The number of benzene rings is 2. The van der Waals surface area contributed by atoms with Gasteiger partial charge in [0.15, 0.2) is 0 Å². The molecule has 2 aromatic rings. The van der Waals surface area contributed by atoms with E-state index >= 15 is 0 Å². The van der Waals surface area contributed by atoms with Gasteiger partial charge in [0.05, 0.1) is 5.56 Å². The average molecular weight is 403 g/mol. The van der Waals surface area contributed by atoms with Crippen LogP contribution in [0.1, 0.15) is 29.3 Å². The highest BCUT2D eigenvalue weighted by molar-refractivity contribution is 7.91. The molecule has 0 radical (unpaired) electrons. The number of nitrogens with two attached hydrogens (primary N) is 1. The van der Waals surface area contributed by atoms with E-state index in [1.54, 1.807) is 18.2 Å². The topological polar surface area (TPSA) is 115 Å². The van der Waals surface area contributed by atoms with Crippen LogP contribution in [0.3, 0.4) is 0 Å². The molecule has 0 saturated carbocycles. The minimum Gasteiger partial charge on any atom is -0.364 e.